The number of methoxy groups -OCH3 is 1. The number of para-hydroxylation sites is 2. The van der Waals surface area contributed by atoms with E-state index in [1.807, 2.05) is 42.5 Å². The highest BCUT2D eigenvalue weighted by molar-refractivity contribution is 8.18. The highest BCUT2D eigenvalue weighted by atomic mass is 32.2. The lowest BCUT2D eigenvalue weighted by molar-refractivity contribution is 0.267. The molecule has 1 atom stereocenters. The number of carbonyl (C=O) groups excluding carboxylic acids is 1. The lowest BCUT2D eigenvalue weighted by Crippen LogP contribution is -2.26. The monoisotopic (exact) mass is 471 g/mol. The van der Waals surface area contributed by atoms with Gasteiger partial charge in [-0.15, -0.1) is 0 Å². The fourth-order valence-electron chi connectivity index (χ4n) is 3.99. The molecular weight excluding hydrogens is 450 g/mol. The van der Waals surface area contributed by atoms with E-state index in [2.05, 4.69) is 4.99 Å². The number of aliphatic imine (C=N–C) groups is 1. The zero-order chi connectivity index (χ0) is 23.7. The van der Waals surface area contributed by atoms with Gasteiger partial charge in [-0.1, -0.05) is 36.4 Å². The Labute approximate surface area is 200 Å². The lowest BCUT2D eigenvalue weighted by atomic mass is 9.97. The van der Waals surface area contributed by atoms with Gasteiger partial charge >= 0.3 is 5.24 Å². The largest absolute Gasteiger partial charge is 0.508 e. The fourth-order valence-corrected chi connectivity index (χ4v) is 4.72. The first-order chi connectivity index (χ1) is 16.5. The van der Waals surface area contributed by atoms with Crippen LogP contribution in [0.5, 0.6) is 17.2 Å². The standard InChI is InChI=1S/C26H21N3O4S/c1-33-18-12-10-16(11-13-18)20-15-21(19-7-3-5-9-23(19)31)29(28-20)25-24(34-26(32)27-25)14-17-6-2-4-8-22(17)30/h2-14,21,30-31H,15H2,1H3/b24-14-. The molecule has 170 valence electrons. The molecule has 3 aromatic rings. The SMILES string of the molecule is COc1ccc(C2=NN(C3=NC(=O)S/C3=C\c3ccccc3O)C(c3ccccc3O)C2)cc1. The van der Waals surface area contributed by atoms with Gasteiger partial charge in [-0.3, -0.25) is 4.79 Å². The zero-order valence-electron chi connectivity index (χ0n) is 18.3. The molecule has 2 aliphatic heterocycles. The normalized spacial score (nSPS) is 18.9. The van der Waals surface area contributed by atoms with Crippen molar-refractivity contribution >= 4 is 34.6 Å². The van der Waals surface area contributed by atoms with Gasteiger partial charge in [-0.2, -0.15) is 10.1 Å². The molecule has 1 amide bonds. The number of ether oxygens (including phenoxy) is 1. The van der Waals surface area contributed by atoms with Crippen LogP contribution in [0.15, 0.2) is 87.8 Å². The van der Waals surface area contributed by atoms with Crippen molar-refractivity contribution in [1.29, 1.82) is 0 Å². The number of phenols is 2. The summed E-state index contributed by atoms with van der Waals surface area (Å²) in [6.45, 7) is 0. The number of phenolic OH excluding ortho intramolecular Hbond substituents is 2. The number of nitrogens with zero attached hydrogens (tertiary/aromatic N) is 3. The van der Waals surface area contributed by atoms with E-state index in [4.69, 9.17) is 9.84 Å². The molecule has 0 fully saturated rings. The van der Waals surface area contributed by atoms with Crippen molar-refractivity contribution in [3.8, 4) is 17.2 Å². The second-order valence-electron chi connectivity index (χ2n) is 7.77. The summed E-state index contributed by atoms with van der Waals surface area (Å²) in [6, 6.07) is 21.2. The number of hydrazone groups is 1. The van der Waals surface area contributed by atoms with Gasteiger partial charge in [-0.25, -0.2) is 5.01 Å². The maximum Gasteiger partial charge on any atom is 0.311 e. The minimum absolute atomic E-state index is 0.107. The molecule has 7 nitrogen and oxygen atoms in total. The Morgan fingerprint density at radius 3 is 2.41 bits per heavy atom. The molecule has 0 aliphatic carbocycles. The number of amidine groups is 1. The summed E-state index contributed by atoms with van der Waals surface area (Å²) in [6.07, 6.45) is 2.23. The van der Waals surface area contributed by atoms with Crippen LogP contribution in [0.3, 0.4) is 0 Å². The van der Waals surface area contributed by atoms with Gasteiger partial charge in [0.05, 0.1) is 23.8 Å². The minimum atomic E-state index is -0.365. The van der Waals surface area contributed by atoms with Crippen LogP contribution in [0, 0.1) is 0 Å². The molecule has 1 unspecified atom stereocenters. The van der Waals surface area contributed by atoms with Crippen LogP contribution in [0.25, 0.3) is 6.08 Å². The average Bonchev–Trinajstić information content (AvgIpc) is 3.44. The highest BCUT2D eigenvalue weighted by Crippen LogP contribution is 2.42. The van der Waals surface area contributed by atoms with Crippen LogP contribution in [0.1, 0.15) is 29.2 Å². The Balaban J connectivity index is 1.59. The average molecular weight is 472 g/mol. The first kappa shape index (κ1) is 21.8. The van der Waals surface area contributed by atoms with E-state index in [0.29, 0.717) is 28.3 Å². The molecule has 5 rings (SSSR count). The number of benzene rings is 3. The van der Waals surface area contributed by atoms with Gasteiger partial charge in [0.25, 0.3) is 0 Å². The van der Waals surface area contributed by atoms with E-state index in [0.717, 1.165) is 28.8 Å². The number of thioether (sulfide) groups is 1. The number of hydrogen-bond acceptors (Lipinski definition) is 7. The molecule has 2 aliphatic rings. The molecule has 34 heavy (non-hydrogen) atoms. The van der Waals surface area contributed by atoms with E-state index in [-0.39, 0.29) is 22.8 Å². The van der Waals surface area contributed by atoms with Crippen molar-refractivity contribution in [2.75, 3.05) is 7.11 Å². The quantitative estimate of drug-likeness (QED) is 0.517. The molecule has 3 aromatic carbocycles. The van der Waals surface area contributed by atoms with Crippen molar-refractivity contribution in [2.24, 2.45) is 10.1 Å². The van der Waals surface area contributed by atoms with Crippen LogP contribution in [0.4, 0.5) is 4.79 Å². The minimum Gasteiger partial charge on any atom is -0.508 e. The van der Waals surface area contributed by atoms with Gasteiger partial charge < -0.3 is 14.9 Å². The van der Waals surface area contributed by atoms with Crippen molar-refractivity contribution in [3.05, 3.63) is 94.4 Å². The number of hydrogen-bond donors (Lipinski definition) is 2. The van der Waals surface area contributed by atoms with Gasteiger partial charge in [-0.05, 0) is 59.8 Å². The predicted octanol–water partition coefficient (Wildman–Crippen LogP) is 5.56. The molecule has 0 saturated carbocycles. The Bertz CT molecular complexity index is 1350. The summed E-state index contributed by atoms with van der Waals surface area (Å²) in [4.78, 5) is 17.2. The first-order valence-corrected chi connectivity index (χ1v) is 11.4. The van der Waals surface area contributed by atoms with Gasteiger partial charge in [0.1, 0.15) is 17.2 Å². The Kier molecular flexibility index (Phi) is 5.81. The topological polar surface area (TPSA) is 94.7 Å². The third kappa shape index (κ3) is 4.15. The fraction of sp³-hybridized carbons (Fsp3) is 0.115. The number of amides is 1. The van der Waals surface area contributed by atoms with Crippen molar-refractivity contribution in [2.45, 2.75) is 12.5 Å². The number of aromatic hydroxyl groups is 2. The van der Waals surface area contributed by atoms with E-state index >= 15 is 0 Å². The molecule has 8 heteroatoms. The van der Waals surface area contributed by atoms with E-state index < -0.39 is 0 Å². The summed E-state index contributed by atoms with van der Waals surface area (Å²) >= 11 is 0.985. The summed E-state index contributed by atoms with van der Waals surface area (Å²) in [5.41, 5.74) is 2.96. The Morgan fingerprint density at radius 2 is 1.71 bits per heavy atom. The van der Waals surface area contributed by atoms with Gasteiger partial charge in [0, 0.05) is 17.5 Å². The Hall–Kier alpha value is -4.04. The maximum absolute atomic E-state index is 12.4. The van der Waals surface area contributed by atoms with Crippen molar-refractivity contribution in [3.63, 3.8) is 0 Å². The molecule has 2 heterocycles. The third-order valence-corrected chi connectivity index (χ3v) is 6.47. The van der Waals surface area contributed by atoms with Crippen molar-refractivity contribution in [1.82, 2.24) is 5.01 Å². The molecule has 0 aromatic heterocycles. The van der Waals surface area contributed by atoms with E-state index in [1.165, 1.54) is 0 Å². The predicted molar refractivity (Wildman–Crippen MR) is 133 cm³/mol. The summed E-state index contributed by atoms with van der Waals surface area (Å²) < 4.78 is 5.26. The summed E-state index contributed by atoms with van der Waals surface area (Å²) in [5, 5.41) is 27.0. The van der Waals surface area contributed by atoms with Crippen LogP contribution in [0.2, 0.25) is 0 Å². The van der Waals surface area contributed by atoms with Crippen LogP contribution in [-0.4, -0.2) is 39.1 Å². The van der Waals surface area contributed by atoms with Crippen LogP contribution < -0.4 is 4.74 Å². The maximum atomic E-state index is 12.4. The molecule has 2 N–H and O–H groups in total. The number of rotatable bonds is 4. The van der Waals surface area contributed by atoms with Crippen LogP contribution in [-0.2, 0) is 0 Å². The highest BCUT2D eigenvalue weighted by Gasteiger charge is 2.37. The molecule has 0 radical (unpaired) electrons. The smallest absolute Gasteiger partial charge is 0.311 e. The second kappa shape index (κ2) is 9.07. The molecule has 0 bridgehead atoms. The number of carbonyl (C=O) groups is 1. The Morgan fingerprint density at radius 1 is 1.00 bits per heavy atom. The summed E-state index contributed by atoms with van der Waals surface area (Å²) in [5.74, 6) is 1.38. The second-order valence-corrected chi connectivity index (χ2v) is 8.76. The summed E-state index contributed by atoms with van der Waals surface area (Å²) in [7, 11) is 1.61. The van der Waals surface area contributed by atoms with Gasteiger partial charge in [0.2, 0.25) is 0 Å². The first-order valence-electron chi connectivity index (χ1n) is 10.6. The molecule has 0 saturated heterocycles. The molecule has 0 spiro atoms. The molecular formula is C26H21N3O4S. The zero-order valence-corrected chi connectivity index (χ0v) is 19.1. The van der Waals surface area contributed by atoms with E-state index in [1.54, 1.807) is 48.5 Å². The third-order valence-electron chi connectivity index (χ3n) is 5.68. The van der Waals surface area contributed by atoms with Crippen LogP contribution >= 0.6 is 11.8 Å². The van der Waals surface area contributed by atoms with Crippen molar-refractivity contribution < 1.29 is 19.7 Å². The van der Waals surface area contributed by atoms with Gasteiger partial charge in [0.15, 0.2) is 5.84 Å². The van der Waals surface area contributed by atoms with E-state index in [9.17, 15) is 15.0 Å². The lowest BCUT2D eigenvalue weighted by Gasteiger charge is -2.24.